The smallest absolute Gasteiger partial charge is 0.330 e. The highest BCUT2D eigenvalue weighted by Crippen LogP contribution is 2.26. The van der Waals surface area contributed by atoms with Gasteiger partial charge in [0.25, 0.3) is 11.5 Å². The molecule has 0 bridgehead atoms. The minimum atomic E-state index is -0.693. The van der Waals surface area contributed by atoms with E-state index in [-0.39, 0.29) is 24.0 Å². The summed E-state index contributed by atoms with van der Waals surface area (Å²) in [6.45, 7) is 6.43. The summed E-state index contributed by atoms with van der Waals surface area (Å²) in [4.78, 5) is 41.7. The number of nitrogen functional groups attached to an aromatic ring is 1. The zero-order valence-electron chi connectivity index (χ0n) is 19.3. The van der Waals surface area contributed by atoms with Crippen molar-refractivity contribution < 1.29 is 14.3 Å². The van der Waals surface area contributed by atoms with Crippen LogP contribution in [0.15, 0.2) is 33.9 Å². The Morgan fingerprint density at radius 3 is 2.56 bits per heavy atom. The molecular weight excluding hydrogens is 412 g/mol. The predicted molar refractivity (Wildman–Crippen MR) is 126 cm³/mol. The molecular formula is C23H32N4O5. The van der Waals surface area contributed by atoms with Crippen molar-refractivity contribution in [2.24, 2.45) is 5.92 Å². The molecule has 0 aliphatic rings. The standard InChI is InChI=1S/C23H32N4O5/c1-6-7-12-26-21(24)20(22(29)25-23(26)30)27(14-15(2)3)19(28)11-8-16-13-17(31-4)9-10-18(16)32-5/h8-11,13,15H,6-7,12,14,24H2,1-5H3,(H,25,29,30)/b11-8+. The van der Waals surface area contributed by atoms with E-state index < -0.39 is 17.2 Å². The number of aromatic nitrogens is 2. The maximum absolute atomic E-state index is 13.2. The van der Waals surface area contributed by atoms with E-state index in [0.717, 1.165) is 6.42 Å². The normalized spacial score (nSPS) is 11.2. The van der Waals surface area contributed by atoms with E-state index in [0.29, 0.717) is 30.0 Å². The quantitative estimate of drug-likeness (QED) is 0.544. The van der Waals surface area contributed by atoms with E-state index in [1.54, 1.807) is 31.4 Å². The highest BCUT2D eigenvalue weighted by atomic mass is 16.5. The second kappa shape index (κ2) is 11.2. The molecule has 2 rings (SSSR count). The Morgan fingerprint density at radius 2 is 1.97 bits per heavy atom. The van der Waals surface area contributed by atoms with Crippen LogP contribution in [0.2, 0.25) is 0 Å². The van der Waals surface area contributed by atoms with Gasteiger partial charge in [-0.2, -0.15) is 0 Å². The first kappa shape index (κ1) is 24.8. The molecule has 1 heterocycles. The molecule has 0 aliphatic carbocycles. The minimum Gasteiger partial charge on any atom is -0.497 e. The molecule has 0 saturated heterocycles. The highest BCUT2D eigenvalue weighted by molar-refractivity contribution is 6.05. The molecule has 32 heavy (non-hydrogen) atoms. The number of hydrogen-bond acceptors (Lipinski definition) is 6. The van der Waals surface area contributed by atoms with Gasteiger partial charge in [-0.05, 0) is 36.6 Å². The zero-order chi connectivity index (χ0) is 23.8. The summed E-state index contributed by atoms with van der Waals surface area (Å²) in [7, 11) is 3.08. The molecule has 2 aromatic rings. The minimum absolute atomic E-state index is 0.0199. The number of nitrogens with zero attached hydrogens (tertiary/aromatic N) is 2. The number of nitrogens with two attached hydrogens (primary N) is 1. The van der Waals surface area contributed by atoms with E-state index in [4.69, 9.17) is 15.2 Å². The lowest BCUT2D eigenvalue weighted by molar-refractivity contribution is -0.114. The Kier molecular flexibility index (Phi) is 8.69. The van der Waals surface area contributed by atoms with Crippen LogP contribution in [0.1, 0.15) is 39.2 Å². The molecule has 9 nitrogen and oxygen atoms in total. The third kappa shape index (κ3) is 5.81. The van der Waals surface area contributed by atoms with Gasteiger partial charge in [0.05, 0.1) is 14.2 Å². The van der Waals surface area contributed by atoms with Crippen LogP contribution in [0.4, 0.5) is 11.5 Å². The third-order valence-corrected chi connectivity index (χ3v) is 4.88. The first-order valence-electron chi connectivity index (χ1n) is 10.6. The van der Waals surface area contributed by atoms with Crippen molar-refractivity contribution in [3.8, 4) is 11.5 Å². The fourth-order valence-electron chi connectivity index (χ4n) is 3.25. The van der Waals surface area contributed by atoms with Crippen LogP contribution >= 0.6 is 0 Å². The number of benzene rings is 1. The summed E-state index contributed by atoms with van der Waals surface area (Å²) in [5.41, 5.74) is 5.55. The van der Waals surface area contributed by atoms with Crippen molar-refractivity contribution in [2.75, 3.05) is 31.4 Å². The molecule has 0 fully saturated rings. The third-order valence-electron chi connectivity index (χ3n) is 4.88. The van der Waals surface area contributed by atoms with Crippen LogP contribution < -0.4 is 31.4 Å². The number of H-pyrrole nitrogens is 1. The SMILES string of the molecule is CCCCn1c(N)c(N(CC(C)C)C(=O)/C=C/c2cc(OC)ccc2OC)c(=O)[nH]c1=O. The van der Waals surface area contributed by atoms with E-state index in [9.17, 15) is 14.4 Å². The molecule has 0 radical (unpaired) electrons. The van der Waals surface area contributed by atoms with Crippen LogP contribution in [0, 0.1) is 5.92 Å². The number of methoxy groups -OCH3 is 2. The lowest BCUT2D eigenvalue weighted by Crippen LogP contribution is -2.42. The van der Waals surface area contributed by atoms with Gasteiger partial charge in [-0.1, -0.05) is 27.2 Å². The van der Waals surface area contributed by atoms with Crippen molar-refractivity contribution in [2.45, 2.75) is 40.2 Å². The topological polar surface area (TPSA) is 120 Å². The second-order valence-electron chi connectivity index (χ2n) is 7.78. The van der Waals surface area contributed by atoms with Gasteiger partial charge >= 0.3 is 5.69 Å². The molecule has 1 amide bonds. The van der Waals surface area contributed by atoms with Crippen LogP contribution in [-0.4, -0.2) is 36.2 Å². The Hall–Kier alpha value is -3.49. The fraction of sp³-hybridized carbons (Fsp3) is 0.435. The van der Waals surface area contributed by atoms with E-state index in [1.165, 1.54) is 22.7 Å². The Bertz CT molecular complexity index is 1080. The first-order chi connectivity index (χ1) is 15.2. The number of unbranched alkanes of at least 4 members (excludes halogenated alkanes) is 1. The molecule has 1 aromatic carbocycles. The zero-order valence-corrected chi connectivity index (χ0v) is 19.3. The lowest BCUT2D eigenvalue weighted by atomic mass is 10.1. The van der Waals surface area contributed by atoms with Crippen molar-refractivity contribution >= 4 is 23.5 Å². The first-order valence-corrected chi connectivity index (χ1v) is 10.6. The van der Waals surface area contributed by atoms with Crippen LogP contribution in [-0.2, 0) is 11.3 Å². The Labute approximate surface area is 187 Å². The molecule has 0 saturated carbocycles. The van der Waals surface area contributed by atoms with Crippen molar-refractivity contribution in [1.29, 1.82) is 0 Å². The van der Waals surface area contributed by atoms with Gasteiger partial charge in [0.2, 0.25) is 0 Å². The molecule has 3 N–H and O–H groups in total. The number of rotatable bonds is 10. The second-order valence-corrected chi connectivity index (χ2v) is 7.78. The summed E-state index contributed by atoms with van der Waals surface area (Å²) in [5.74, 6) is 0.764. The van der Waals surface area contributed by atoms with Crippen molar-refractivity contribution in [3.63, 3.8) is 0 Å². The van der Waals surface area contributed by atoms with Gasteiger partial charge in [-0.25, -0.2) is 4.79 Å². The van der Waals surface area contributed by atoms with Crippen LogP contribution in [0.3, 0.4) is 0 Å². The van der Waals surface area contributed by atoms with Gasteiger partial charge in [0, 0.05) is 24.7 Å². The average Bonchev–Trinajstić information content (AvgIpc) is 2.75. The predicted octanol–water partition coefficient (Wildman–Crippen LogP) is 2.64. The van der Waals surface area contributed by atoms with E-state index >= 15 is 0 Å². The van der Waals surface area contributed by atoms with Gasteiger partial charge in [0.15, 0.2) is 5.69 Å². The number of amides is 1. The van der Waals surface area contributed by atoms with Crippen LogP contribution in [0.25, 0.3) is 6.08 Å². The summed E-state index contributed by atoms with van der Waals surface area (Å²) in [6.07, 6.45) is 4.50. The van der Waals surface area contributed by atoms with Crippen LogP contribution in [0.5, 0.6) is 11.5 Å². The number of nitrogens with one attached hydrogen (secondary N) is 1. The molecule has 174 valence electrons. The number of ether oxygens (including phenoxy) is 2. The highest BCUT2D eigenvalue weighted by Gasteiger charge is 2.23. The largest absolute Gasteiger partial charge is 0.497 e. The lowest BCUT2D eigenvalue weighted by Gasteiger charge is -2.25. The monoisotopic (exact) mass is 444 g/mol. The maximum Gasteiger partial charge on any atom is 0.330 e. The maximum atomic E-state index is 13.2. The summed E-state index contributed by atoms with van der Waals surface area (Å²) >= 11 is 0. The number of hydrogen-bond donors (Lipinski definition) is 2. The van der Waals surface area contributed by atoms with E-state index in [1.807, 2.05) is 20.8 Å². The summed E-state index contributed by atoms with van der Waals surface area (Å²) in [5, 5.41) is 0. The Morgan fingerprint density at radius 1 is 1.25 bits per heavy atom. The summed E-state index contributed by atoms with van der Waals surface area (Å²) in [6, 6.07) is 5.23. The van der Waals surface area contributed by atoms with E-state index in [2.05, 4.69) is 4.98 Å². The molecule has 0 spiro atoms. The van der Waals surface area contributed by atoms with Gasteiger partial charge in [-0.15, -0.1) is 0 Å². The average molecular weight is 445 g/mol. The number of carbonyl (C=O) groups excluding carboxylic acids is 1. The summed E-state index contributed by atoms with van der Waals surface area (Å²) < 4.78 is 11.9. The molecule has 1 aromatic heterocycles. The molecule has 0 aliphatic heterocycles. The molecule has 9 heteroatoms. The number of aromatic amines is 1. The van der Waals surface area contributed by atoms with Gasteiger partial charge in [0.1, 0.15) is 17.3 Å². The molecule has 0 atom stereocenters. The van der Waals surface area contributed by atoms with Gasteiger partial charge < -0.3 is 20.1 Å². The van der Waals surface area contributed by atoms with Crippen molar-refractivity contribution in [1.82, 2.24) is 9.55 Å². The Balaban J connectivity index is 2.52. The van der Waals surface area contributed by atoms with Crippen molar-refractivity contribution in [3.05, 3.63) is 50.7 Å². The molecule has 0 unspecified atom stereocenters. The number of carbonyl (C=O) groups is 1. The fourth-order valence-corrected chi connectivity index (χ4v) is 3.25. The number of anilines is 2. The van der Waals surface area contributed by atoms with Gasteiger partial charge in [-0.3, -0.25) is 19.1 Å².